The quantitative estimate of drug-likeness (QED) is 0.773. The fourth-order valence-electron chi connectivity index (χ4n) is 1.81. The Balaban J connectivity index is 2.51. The van der Waals surface area contributed by atoms with Gasteiger partial charge in [-0.2, -0.15) is 0 Å². The van der Waals surface area contributed by atoms with Crippen molar-refractivity contribution in [2.75, 3.05) is 13.7 Å². The van der Waals surface area contributed by atoms with Gasteiger partial charge in [-0.3, -0.25) is 0 Å². The SMILES string of the molecule is CCOC(=O)c1csc(CCC(NC)C(C)C)n1. The normalized spacial score (nSPS) is 12.7. The minimum absolute atomic E-state index is 0.325. The Kier molecular flexibility index (Phi) is 6.29. The lowest BCUT2D eigenvalue weighted by Crippen LogP contribution is -2.30. The molecule has 0 spiro atoms. The van der Waals surface area contributed by atoms with Crippen molar-refractivity contribution in [2.45, 2.75) is 39.7 Å². The number of rotatable bonds is 7. The highest BCUT2D eigenvalue weighted by atomic mass is 32.1. The molecule has 1 atom stereocenters. The van der Waals surface area contributed by atoms with Gasteiger partial charge in [-0.25, -0.2) is 9.78 Å². The lowest BCUT2D eigenvalue weighted by molar-refractivity contribution is 0.0520. The van der Waals surface area contributed by atoms with Gasteiger partial charge >= 0.3 is 5.97 Å². The minimum Gasteiger partial charge on any atom is -0.461 e. The number of thiazole rings is 1. The molecule has 0 radical (unpaired) electrons. The second-order valence-electron chi connectivity index (χ2n) is 4.52. The summed E-state index contributed by atoms with van der Waals surface area (Å²) in [6.07, 6.45) is 1.93. The third-order valence-corrected chi connectivity index (χ3v) is 3.79. The first-order valence-corrected chi connectivity index (χ1v) is 7.25. The molecule has 5 heteroatoms. The first kappa shape index (κ1) is 15.1. The lowest BCUT2D eigenvalue weighted by Gasteiger charge is -2.19. The Hall–Kier alpha value is -0.940. The molecule has 0 fully saturated rings. The van der Waals surface area contributed by atoms with E-state index < -0.39 is 0 Å². The van der Waals surface area contributed by atoms with E-state index in [1.54, 1.807) is 12.3 Å². The van der Waals surface area contributed by atoms with Crippen LogP contribution in [0.4, 0.5) is 0 Å². The molecular weight excluding hydrogens is 248 g/mol. The predicted molar refractivity (Wildman–Crippen MR) is 74.1 cm³/mol. The summed E-state index contributed by atoms with van der Waals surface area (Å²) in [7, 11) is 1.98. The zero-order valence-electron chi connectivity index (χ0n) is 11.5. The van der Waals surface area contributed by atoms with Crippen molar-refractivity contribution >= 4 is 17.3 Å². The molecule has 18 heavy (non-hydrogen) atoms. The van der Waals surface area contributed by atoms with Crippen LogP contribution in [0, 0.1) is 5.92 Å². The average molecular weight is 270 g/mol. The van der Waals surface area contributed by atoms with Crippen molar-refractivity contribution in [3.63, 3.8) is 0 Å². The third kappa shape index (κ3) is 4.38. The number of aryl methyl sites for hydroxylation is 1. The van der Waals surface area contributed by atoms with Gasteiger partial charge in [0.05, 0.1) is 11.6 Å². The zero-order chi connectivity index (χ0) is 13.5. The predicted octanol–water partition coefficient (Wildman–Crippen LogP) is 2.50. The first-order chi connectivity index (χ1) is 8.58. The molecule has 1 unspecified atom stereocenters. The number of nitrogens with one attached hydrogen (secondary N) is 1. The molecule has 0 aliphatic heterocycles. The number of ether oxygens (including phenoxy) is 1. The number of hydrogen-bond donors (Lipinski definition) is 1. The maximum Gasteiger partial charge on any atom is 0.357 e. The Morgan fingerprint density at radius 2 is 2.28 bits per heavy atom. The molecule has 1 heterocycles. The molecule has 0 aliphatic carbocycles. The van der Waals surface area contributed by atoms with Crippen molar-refractivity contribution in [3.8, 4) is 0 Å². The molecule has 0 amide bonds. The smallest absolute Gasteiger partial charge is 0.357 e. The van der Waals surface area contributed by atoms with Gasteiger partial charge in [-0.1, -0.05) is 13.8 Å². The van der Waals surface area contributed by atoms with Crippen LogP contribution in [0.2, 0.25) is 0 Å². The van der Waals surface area contributed by atoms with Gasteiger partial charge in [-0.05, 0) is 26.3 Å². The fourth-order valence-corrected chi connectivity index (χ4v) is 2.60. The van der Waals surface area contributed by atoms with E-state index in [0.29, 0.717) is 24.3 Å². The second-order valence-corrected chi connectivity index (χ2v) is 5.47. The topological polar surface area (TPSA) is 51.2 Å². The van der Waals surface area contributed by atoms with E-state index in [-0.39, 0.29) is 5.97 Å². The van der Waals surface area contributed by atoms with E-state index in [1.165, 1.54) is 11.3 Å². The van der Waals surface area contributed by atoms with E-state index in [9.17, 15) is 4.79 Å². The van der Waals surface area contributed by atoms with Crippen molar-refractivity contribution in [2.24, 2.45) is 5.92 Å². The summed E-state index contributed by atoms with van der Waals surface area (Å²) in [6.45, 7) is 6.59. The molecule has 0 aliphatic rings. The van der Waals surface area contributed by atoms with Crippen LogP contribution in [0.5, 0.6) is 0 Å². The van der Waals surface area contributed by atoms with Crippen LogP contribution in [-0.4, -0.2) is 30.6 Å². The number of aromatic nitrogens is 1. The van der Waals surface area contributed by atoms with E-state index >= 15 is 0 Å². The van der Waals surface area contributed by atoms with E-state index in [2.05, 4.69) is 24.1 Å². The molecule has 102 valence electrons. The highest BCUT2D eigenvalue weighted by Gasteiger charge is 2.14. The summed E-state index contributed by atoms with van der Waals surface area (Å²) >= 11 is 1.53. The molecule has 0 bridgehead atoms. The molecule has 1 N–H and O–H groups in total. The highest BCUT2D eigenvalue weighted by Crippen LogP contribution is 2.15. The monoisotopic (exact) mass is 270 g/mol. The summed E-state index contributed by atoms with van der Waals surface area (Å²) in [5.74, 6) is 0.272. The summed E-state index contributed by atoms with van der Waals surface area (Å²) in [6, 6.07) is 0.486. The molecular formula is C13H22N2O2S. The minimum atomic E-state index is -0.325. The summed E-state index contributed by atoms with van der Waals surface area (Å²) < 4.78 is 4.92. The molecule has 1 aromatic heterocycles. The number of hydrogen-bond acceptors (Lipinski definition) is 5. The van der Waals surface area contributed by atoms with E-state index in [0.717, 1.165) is 17.8 Å². The molecule has 0 saturated carbocycles. The molecule has 4 nitrogen and oxygen atoms in total. The molecule has 1 aromatic rings. The van der Waals surface area contributed by atoms with Crippen molar-refractivity contribution < 1.29 is 9.53 Å². The zero-order valence-corrected chi connectivity index (χ0v) is 12.3. The maximum absolute atomic E-state index is 11.5. The Morgan fingerprint density at radius 1 is 1.56 bits per heavy atom. The highest BCUT2D eigenvalue weighted by molar-refractivity contribution is 7.09. The Morgan fingerprint density at radius 3 is 2.83 bits per heavy atom. The summed E-state index contributed by atoms with van der Waals surface area (Å²) in [5.41, 5.74) is 0.433. The number of carbonyl (C=O) groups is 1. The third-order valence-electron chi connectivity index (χ3n) is 2.88. The molecule has 0 aromatic carbocycles. The van der Waals surface area contributed by atoms with Gasteiger partial charge in [0.2, 0.25) is 0 Å². The molecule has 1 rings (SSSR count). The number of carbonyl (C=O) groups excluding carboxylic acids is 1. The van der Waals surface area contributed by atoms with Gasteiger partial charge in [-0.15, -0.1) is 11.3 Å². The Labute approximate surface area is 113 Å². The van der Waals surface area contributed by atoms with Crippen LogP contribution in [0.25, 0.3) is 0 Å². The van der Waals surface area contributed by atoms with Crippen LogP contribution < -0.4 is 5.32 Å². The Bertz CT molecular complexity index is 377. The largest absolute Gasteiger partial charge is 0.461 e. The first-order valence-electron chi connectivity index (χ1n) is 6.37. The van der Waals surface area contributed by atoms with E-state index in [4.69, 9.17) is 4.74 Å². The number of esters is 1. The van der Waals surface area contributed by atoms with Gasteiger partial charge < -0.3 is 10.1 Å². The van der Waals surface area contributed by atoms with Crippen molar-refractivity contribution in [1.82, 2.24) is 10.3 Å². The van der Waals surface area contributed by atoms with Gasteiger partial charge in [0, 0.05) is 17.8 Å². The van der Waals surface area contributed by atoms with Crippen LogP contribution >= 0.6 is 11.3 Å². The van der Waals surface area contributed by atoms with E-state index in [1.807, 2.05) is 7.05 Å². The van der Waals surface area contributed by atoms with Crippen molar-refractivity contribution in [1.29, 1.82) is 0 Å². The lowest BCUT2D eigenvalue weighted by atomic mass is 10.00. The second kappa shape index (κ2) is 7.48. The van der Waals surface area contributed by atoms with Gasteiger partial charge in [0.1, 0.15) is 0 Å². The van der Waals surface area contributed by atoms with Crippen LogP contribution in [-0.2, 0) is 11.2 Å². The maximum atomic E-state index is 11.5. The van der Waals surface area contributed by atoms with Crippen molar-refractivity contribution in [3.05, 3.63) is 16.1 Å². The van der Waals surface area contributed by atoms with Gasteiger partial charge in [0.15, 0.2) is 5.69 Å². The summed E-state index contributed by atoms with van der Waals surface area (Å²) in [5, 5.41) is 6.08. The van der Waals surface area contributed by atoms with Gasteiger partial charge in [0.25, 0.3) is 0 Å². The fraction of sp³-hybridized carbons (Fsp3) is 0.692. The van der Waals surface area contributed by atoms with Crippen LogP contribution in [0.1, 0.15) is 42.7 Å². The van der Waals surface area contributed by atoms with Crippen LogP contribution in [0.3, 0.4) is 0 Å². The molecule has 0 saturated heterocycles. The standard InChI is InChI=1S/C13H22N2O2S/c1-5-17-13(16)11-8-18-12(15-11)7-6-10(14-4)9(2)3/h8-10,14H,5-7H2,1-4H3. The average Bonchev–Trinajstić information content (AvgIpc) is 2.78. The number of nitrogens with zero attached hydrogens (tertiary/aromatic N) is 1. The van der Waals surface area contributed by atoms with Crippen LogP contribution in [0.15, 0.2) is 5.38 Å². The summed E-state index contributed by atoms with van der Waals surface area (Å²) in [4.78, 5) is 15.8.